The van der Waals surface area contributed by atoms with Crippen molar-refractivity contribution in [1.29, 1.82) is 0 Å². The van der Waals surface area contributed by atoms with Gasteiger partial charge in [0.2, 0.25) is 0 Å². The molecule has 0 atom stereocenters. The van der Waals surface area contributed by atoms with Crippen LogP contribution in [-0.2, 0) is 37.6 Å². The molecule has 0 aromatic carbocycles. The average molecular weight is 323 g/mol. The van der Waals surface area contributed by atoms with Crippen molar-refractivity contribution in [3.8, 4) is 0 Å². The zero-order valence-electron chi connectivity index (χ0n) is 12.7. The van der Waals surface area contributed by atoms with E-state index < -0.39 is 11.9 Å². The van der Waals surface area contributed by atoms with Crippen LogP contribution in [0.25, 0.3) is 0 Å². The van der Waals surface area contributed by atoms with Crippen molar-refractivity contribution in [2.24, 2.45) is 0 Å². The number of hydrogen-bond donors (Lipinski definition) is 0. The number of hydrogen-bond acceptors (Lipinski definition) is 8. The Kier molecular flexibility index (Phi) is 12.8. The molecular formula is C12H23O8Si. The first-order chi connectivity index (χ1) is 10.1. The molecule has 0 aliphatic carbocycles. The maximum atomic E-state index is 11.5. The molecule has 3 radical (unpaired) electrons. The number of carbonyl (C=O) groups is 1. The summed E-state index contributed by atoms with van der Waals surface area (Å²) in [6.45, 7) is 1.53. The average Bonchev–Trinajstić information content (AvgIpc) is 2.48. The van der Waals surface area contributed by atoms with Gasteiger partial charge in [-0.2, -0.15) is 0 Å². The van der Waals surface area contributed by atoms with Gasteiger partial charge in [0.05, 0.1) is 39.6 Å². The van der Waals surface area contributed by atoms with Gasteiger partial charge in [-0.25, -0.2) is 0 Å². The van der Waals surface area contributed by atoms with Crippen LogP contribution in [0.2, 0.25) is 0 Å². The molecule has 0 aromatic heterocycles. The maximum Gasteiger partial charge on any atom is 0.345 e. The van der Waals surface area contributed by atoms with Crippen molar-refractivity contribution in [3.05, 3.63) is 0 Å². The van der Waals surface area contributed by atoms with Gasteiger partial charge in [-0.3, -0.25) is 4.79 Å². The number of carbonyl (C=O) groups excluding carboxylic acids is 1. The second-order valence-corrected chi connectivity index (χ2v) is 4.06. The van der Waals surface area contributed by atoms with Gasteiger partial charge in [0.15, 0.2) is 0 Å². The molecule has 0 N–H and O–H groups in total. The lowest BCUT2D eigenvalue weighted by atomic mass is 10.3. The van der Waals surface area contributed by atoms with E-state index in [4.69, 9.17) is 28.4 Å². The quantitative estimate of drug-likeness (QED) is 0.244. The van der Waals surface area contributed by atoms with E-state index in [0.717, 1.165) is 0 Å². The smallest absolute Gasteiger partial charge is 0.345 e. The molecular weight excluding hydrogens is 300 g/mol. The van der Waals surface area contributed by atoms with Crippen LogP contribution < -0.4 is 0 Å². The monoisotopic (exact) mass is 323 g/mol. The third-order valence-corrected chi connectivity index (χ3v) is 2.53. The fourth-order valence-corrected chi connectivity index (χ4v) is 1.40. The molecule has 0 spiro atoms. The van der Waals surface area contributed by atoms with E-state index in [0.29, 0.717) is 19.8 Å². The molecule has 0 saturated heterocycles. The summed E-state index contributed by atoms with van der Waals surface area (Å²) >= 11 is 0. The van der Waals surface area contributed by atoms with Crippen molar-refractivity contribution >= 4 is 16.5 Å². The molecule has 0 fully saturated rings. The Morgan fingerprint density at radius 2 is 1.19 bits per heavy atom. The fourth-order valence-electron chi connectivity index (χ4n) is 1.33. The van der Waals surface area contributed by atoms with Crippen LogP contribution >= 0.6 is 0 Å². The Morgan fingerprint density at radius 3 is 1.48 bits per heavy atom. The van der Waals surface area contributed by atoms with E-state index in [1.54, 1.807) is 0 Å². The Balaban J connectivity index is 4.73. The van der Waals surface area contributed by atoms with Gasteiger partial charge in [-0.15, -0.1) is 0 Å². The minimum atomic E-state index is -1.57. The van der Waals surface area contributed by atoms with E-state index in [1.165, 1.54) is 21.3 Å². The third-order valence-electron chi connectivity index (χ3n) is 2.30. The van der Waals surface area contributed by atoms with E-state index in [2.05, 4.69) is 14.9 Å². The largest absolute Gasteiger partial charge is 0.516 e. The predicted molar refractivity (Wildman–Crippen MR) is 72.7 cm³/mol. The molecule has 8 nitrogen and oxygen atoms in total. The normalized spacial score (nSPS) is 11.6. The Bertz CT molecular complexity index is 237. The standard InChI is InChI=1S/C12H23O8Si/c1-14-4-7-17-12(10-11(13)20-21,18-8-5-15-2)19-9-6-16-3/h4-10H2,1-3H3. The number of ether oxygens (including phenoxy) is 6. The van der Waals surface area contributed by atoms with Crippen molar-refractivity contribution in [2.45, 2.75) is 12.4 Å². The van der Waals surface area contributed by atoms with E-state index in [9.17, 15) is 4.79 Å². The van der Waals surface area contributed by atoms with Crippen molar-refractivity contribution in [3.63, 3.8) is 0 Å². The molecule has 0 aliphatic heterocycles. The van der Waals surface area contributed by atoms with Gasteiger partial charge in [-0.05, 0) is 0 Å². The van der Waals surface area contributed by atoms with Gasteiger partial charge in [-0.1, -0.05) is 0 Å². The zero-order valence-corrected chi connectivity index (χ0v) is 13.7. The summed E-state index contributed by atoms with van der Waals surface area (Å²) in [7, 11) is 7.28. The zero-order chi connectivity index (χ0) is 16.0. The summed E-state index contributed by atoms with van der Waals surface area (Å²) in [4.78, 5) is 11.5. The summed E-state index contributed by atoms with van der Waals surface area (Å²) < 4.78 is 35.8. The molecule has 0 aliphatic rings. The van der Waals surface area contributed by atoms with Crippen molar-refractivity contribution in [2.75, 3.05) is 61.0 Å². The predicted octanol–water partition coefficient (Wildman–Crippen LogP) is -0.354. The Hall–Kier alpha value is -0.553. The first kappa shape index (κ1) is 20.4. The minimum Gasteiger partial charge on any atom is -0.516 e. The maximum absolute atomic E-state index is 11.5. The Labute approximate surface area is 128 Å². The second kappa shape index (κ2) is 13.1. The highest BCUT2D eigenvalue weighted by Gasteiger charge is 2.37. The SMILES string of the molecule is COCCOC(CC(=O)O[Si])(OCCOC)OCCOC. The molecule has 0 saturated carbocycles. The van der Waals surface area contributed by atoms with Crippen molar-refractivity contribution < 1.29 is 37.6 Å². The van der Waals surface area contributed by atoms with Crippen LogP contribution in [-0.4, -0.2) is 83.4 Å². The van der Waals surface area contributed by atoms with E-state index in [-0.39, 0.29) is 26.2 Å². The summed E-state index contributed by atoms with van der Waals surface area (Å²) in [5, 5.41) is 0. The van der Waals surface area contributed by atoms with Crippen LogP contribution in [0.5, 0.6) is 0 Å². The van der Waals surface area contributed by atoms with Crippen LogP contribution in [0.3, 0.4) is 0 Å². The number of methoxy groups -OCH3 is 3. The highest BCUT2D eigenvalue weighted by Crippen LogP contribution is 2.21. The van der Waals surface area contributed by atoms with Crippen LogP contribution in [0.15, 0.2) is 0 Å². The molecule has 9 heteroatoms. The van der Waals surface area contributed by atoms with Gasteiger partial charge in [0.25, 0.3) is 5.97 Å². The highest BCUT2D eigenvalue weighted by molar-refractivity contribution is 6.05. The molecule has 0 unspecified atom stereocenters. The molecule has 21 heavy (non-hydrogen) atoms. The first-order valence-corrected chi connectivity index (χ1v) is 6.80. The van der Waals surface area contributed by atoms with E-state index >= 15 is 0 Å². The van der Waals surface area contributed by atoms with Gasteiger partial charge in [0.1, 0.15) is 6.42 Å². The molecule has 0 bridgehead atoms. The van der Waals surface area contributed by atoms with Crippen LogP contribution in [0.4, 0.5) is 0 Å². The lowest BCUT2D eigenvalue weighted by Gasteiger charge is -2.32. The van der Waals surface area contributed by atoms with Gasteiger partial charge >= 0.3 is 16.5 Å². The summed E-state index contributed by atoms with van der Waals surface area (Å²) in [6.07, 6.45) is -0.256. The second-order valence-electron chi connectivity index (χ2n) is 3.86. The first-order valence-electron chi connectivity index (χ1n) is 6.39. The van der Waals surface area contributed by atoms with Crippen molar-refractivity contribution in [1.82, 2.24) is 0 Å². The summed E-state index contributed by atoms with van der Waals surface area (Å²) in [5.41, 5.74) is 0. The molecule has 123 valence electrons. The fraction of sp³-hybridized carbons (Fsp3) is 0.917. The van der Waals surface area contributed by atoms with Gasteiger partial charge < -0.3 is 32.8 Å². The summed E-state index contributed by atoms with van der Waals surface area (Å²) in [5.74, 6) is -2.17. The van der Waals surface area contributed by atoms with Crippen LogP contribution in [0, 0.1) is 0 Å². The minimum absolute atomic E-state index is 0.186. The van der Waals surface area contributed by atoms with E-state index in [1.807, 2.05) is 0 Å². The molecule has 0 amide bonds. The highest BCUT2D eigenvalue weighted by atomic mass is 28.2. The lowest BCUT2D eigenvalue weighted by Crippen LogP contribution is -2.44. The van der Waals surface area contributed by atoms with Gasteiger partial charge in [0, 0.05) is 21.3 Å². The number of rotatable bonds is 14. The topological polar surface area (TPSA) is 81.7 Å². The molecule has 0 heterocycles. The summed E-state index contributed by atoms with van der Waals surface area (Å²) in [6, 6.07) is 0. The third kappa shape index (κ3) is 9.90. The molecule has 0 aromatic rings. The van der Waals surface area contributed by atoms with Crippen LogP contribution in [0.1, 0.15) is 6.42 Å². The lowest BCUT2D eigenvalue weighted by molar-refractivity contribution is -0.383. The Morgan fingerprint density at radius 1 is 0.810 bits per heavy atom. The molecule has 0 rings (SSSR count).